The van der Waals surface area contributed by atoms with Crippen LogP contribution in [0.1, 0.15) is 32.3 Å². The molecule has 7 unspecified atom stereocenters. The van der Waals surface area contributed by atoms with Gasteiger partial charge in [0, 0.05) is 59.7 Å². The van der Waals surface area contributed by atoms with Crippen molar-refractivity contribution in [2.45, 2.75) is 101 Å². The van der Waals surface area contributed by atoms with Crippen LogP contribution in [-0.2, 0) is 44.6 Å². The molecule has 62 heavy (non-hydrogen) atoms. The molecule has 3 fully saturated rings. The molecule has 7 N–H and O–H groups in total. The normalized spacial score (nSPS) is 30.0. The summed E-state index contributed by atoms with van der Waals surface area (Å²) in [5.74, 6) is -0.456. The van der Waals surface area contributed by atoms with Crippen molar-refractivity contribution in [2.24, 2.45) is 5.92 Å². The Kier molecular flexibility index (Phi) is 15.4. The molecule has 12 atom stereocenters. The fraction of sp³-hybridized carbons (Fsp3) is 0.575. The van der Waals surface area contributed by atoms with E-state index in [1.165, 1.54) is 27.5 Å². The Bertz CT molecular complexity index is 2110. The largest absolute Gasteiger partial charge is 0.394 e. The molecular weight excluding hydrogens is 831 g/mol. The number of aliphatic hydroxyl groups is 4. The molecule has 0 radical (unpaired) electrons. The van der Waals surface area contributed by atoms with Crippen LogP contribution < -0.4 is 20.9 Å². The monoisotopic (exact) mass is 883 g/mol. The number of benzene rings is 1. The van der Waals surface area contributed by atoms with E-state index in [4.69, 9.17) is 41.2 Å². The molecule has 6 rings (SSSR count). The van der Waals surface area contributed by atoms with Gasteiger partial charge in [0.1, 0.15) is 61.2 Å². The first kappa shape index (κ1) is 46.6. The van der Waals surface area contributed by atoms with E-state index in [2.05, 4.69) is 37.7 Å². The van der Waals surface area contributed by atoms with Gasteiger partial charge < -0.3 is 69.9 Å². The van der Waals surface area contributed by atoms with Gasteiger partial charge in [-0.3, -0.25) is 19.0 Å². The second-order valence-corrected chi connectivity index (χ2v) is 15.9. The number of ether oxygens (including phenoxy) is 5. The Labute approximate surface area is 362 Å². The van der Waals surface area contributed by atoms with Crippen molar-refractivity contribution >= 4 is 57.6 Å². The number of fused-ring (bicyclic) bond motifs is 1. The van der Waals surface area contributed by atoms with Gasteiger partial charge in [-0.15, -0.1) is 0 Å². The minimum atomic E-state index is -1.76. The molecule has 5 heterocycles. The van der Waals surface area contributed by atoms with Crippen LogP contribution >= 0.6 is 12.2 Å². The van der Waals surface area contributed by atoms with Gasteiger partial charge in [0.15, 0.2) is 29.4 Å². The molecule has 22 heteroatoms. The number of nitriles is 1. The second kappa shape index (κ2) is 20.5. The summed E-state index contributed by atoms with van der Waals surface area (Å²) in [7, 11) is 4.46. The summed E-state index contributed by atoms with van der Waals surface area (Å²) in [5.41, 5.74) is 1.92. The third-order valence-electron chi connectivity index (χ3n) is 11.5. The maximum atomic E-state index is 13.6. The van der Waals surface area contributed by atoms with E-state index >= 15 is 0 Å². The highest BCUT2D eigenvalue weighted by Gasteiger charge is 2.53. The Morgan fingerprint density at radius 3 is 2.44 bits per heavy atom. The van der Waals surface area contributed by atoms with Crippen molar-refractivity contribution in [1.82, 2.24) is 30.1 Å². The lowest BCUT2D eigenvalue weighted by Gasteiger charge is -2.47. The maximum absolute atomic E-state index is 13.6. The zero-order chi connectivity index (χ0) is 44.8. The van der Waals surface area contributed by atoms with Crippen LogP contribution in [-0.4, -0.2) is 171 Å². The third kappa shape index (κ3) is 9.97. The number of aromatic nitrogens is 3. The average molecular weight is 884 g/mol. The predicted octanol–water partition coefficient (Wildman–Crippen LogP) is -1.04. The van der Waals surface area contributed by atoms with E-state index in [0.717, 1.165) is 11.8 Å². The van der Waals surface area contributed by atoms with Crippen LogP contribution in [0.5, 0.6) is 0 Å². The van der Waals surface area contributed by atoms with E-state index in [-0.39, 0.29) is 30.8 Å². The standard InChI is InChI=1S/C40H53N9O12S/c1-20-11-14-48(27(52)10-13-41)17-25(20)47(3)35-24-12-15-49(36(24)44-19-43-35)40(62)46-23-8-6-22(7-9-23)16-42-37(56)34-33(57-4)30(54)31(55)39(61-34)60-32-28(45-21(2)51)38(58-5)59-26(18-50)29(32)53/h6-9,12,15,19-20,25-26,28-34,38-39,50,53-55H,10-11,14,16-18H2,1-5H3,(H,42,56)(H,45,51)(H,46,62)/t20-,25?,26?,28?,29-,30?,31?,32?,33+,34?,38-,39-/m1/s1. The molecule has 0 spiro atoms. The Morgan fingerprint density at radius 2 is 1.77 bits per heavy atom. The molecule has 3 aromatic rings. The highest BCUT2D eigenvalue weighted by Crippen LogP contribution is 2.32. The van der Waals surface area contributed by atoms with E-state index in [1.54, 1.807) is 39.9 Å². The Hall–Kier alpha value is -4.93. The number of likely N-dealkylation sites (N-methyl/N-ethyl adjacent to an activating group) is 1. The first-order valence-corrected chi connectivity index (χ1v) is 20.4. The molecule has 1 aromatic carbocycles. The smallest absolute Gasteiger partial charge is 0.252 e. The summed E-state index contributed by atoms with van der Waals surface area (Å²) in [5, 5.41) is 61.5. The number of thiocarbonyl (C=S) groups is 1. The number of rotatable bonds is 13. The number of aliphatic hydroxyl groups excluding tert-OH is 4. The highest BCUT2D eigenvalue weighted by molar-refractivity contribution is 7.80. The van der Waals surface area contributed by atoms with Crippen LogP contribution in [0.15, 0.2) is 42.9 Å². The number of anilines is 2. The van der Waals surface area contributed by atoms with E-state index in [0.29, 0.717) is 40.9 Å². The topological polar surface area (TPSA) is 275 Å². The molecule has 21 nitrogen and oxygen atoms in total. The van der Waals surface area contributed by atoms with E-state index in [1.807, 2.05) is 19.2 Å². The lowest BCUT2D eigenvalue weighted by Crippen LogP contribution is -2.68. The molecule has 3 aliphatic rings. The molecule has 3 saturated heterocycles. The number of hydrogen-bond donors (Lipinski definition) is 7. The number of methoxy groups -OCH3 is 2. The van der Waals surface area contributed by atoms with Gasteiger partial charge >= 0.3 is 0 Å². The fourth-order valence-corrected chi connectivity index (χ4v) is 8.34. The summed E-state index contributed by atoms with van der Waals surface area (Å²) in [4.78, 5) is 51.0. The molecule has 2 aromatic heterocycles. The van der Waals surface area contributed by atoms with Gasteiger partial charge in [0.2, 0.25) is 11.8 Å². The number of amides is 3. The predicted molar refractivity (Wildman–Crippen MR) is 223 cm³/mol. The van der Waals surface area contributed by atoms with E-state index < -0.39 is 79.8 Å². The van der Waals surface area contributed by atoms with Crippen molar-refractivity contribution < 1.29 is 58.5 Å². The van der Waals surface area contributed by atoms with Crippen molar-refractivity contribution in [3.8, 4) is 6.07 Å². The molecule has 3 amide bonds. The average Bonchev–Trinajstić information content (AvgIpc) is 3.71. The van der Waals surface area contributed by atoms with Gasteiger partial charge in [0.05, 0.1) is 24.1 Å². The highest BCUT2D eigenvalue weighted by atomic mass is 32.1. The van der Waals surface area contributed by atoms with Crippen molar-refractivity contribution in [1.29, 1.82) is 5.26 Å². The molecule has 0 bridgehead atoms. The van der Waals surface area contributed by atoms with Crippen LogP contribution in [0.4, 0.5) is 11.5 Å². The summed E-state index contributed by atoms with van der Waals surface area (Å²) in [6.45, 7) is 3.84. The maximum Gasteiger partial charge on any atom is 0.252 e. The van der Waals surface area contributed by atoms with Crippen molar-refractivity contribution in [3.63, 3.8) is 0 Å². The van der Waals surface area contributed by atoms with Crippen LogP contribution in [0.3, 0.4) is 0 Å². The number of likely N-dealkylation sites (tertiary alicyclic amines) is 1. The molecule has 0 aliphatic carbocycles. The lowest BCUT2D eigenvalue weighted by molar-refractivity contribution is -0.338. The molecule has 3 aliphatic heterocycles. The molecule has 336 valence electrons. The Morgan fingerprint density at radius 1 is 1.03 bits per heavy atom. The first-order chi connectivity index (χ1) is 29.7. The fourth-order valence-electron chi connectivity index (χ4n) is 8.08. The number of piperidine rings is 1. The lowest BCUT2D eigenvalue weighted by atomic mass is 9.92. The summed E-state index contributed by atoms with van der Waals surface area (Å²) in [6, 6.07) is 9.73. The van der Waals surface area contributed by atoms with Crippen LogP contribution in [0, 0.1) is 17.2 Å². The zero-order valence-corrected chi connectivity index (χ0v) is 35.7. The number of carbonyl (C=O) groups excluding carboxylic acids is 3. The van der Waals surface area contributed by atoms with Gasteiger partial charge in [-0.2, -0.15) is 5.26 Å². The number of carbonyl (C=O) groups is 3. The minimum absolute atomic E-state index is 0.0281. The van der Waals surface area contributed by atoms with Crippen molar-refractivity contribution in [3.05, 3.63) is 48.4 Å². The third-order valence-corrected chi connectivity index (χ3v) is 11.8. The SMILES string of the molecule is CO[C@@H]1OC(CO)[C@@H](O)C(O[C@@H]2OC(C(=O)NCc3ccc(NC(=S)n4ccc5c(N(C)C6CN(C(=O)CC#N)CC[C@H]6C)ncnc54)cc3)[C@@H](OC)C(O)C2O)C1NC(C)=O. The number of nitrogens with one attached hydrogen (secondary N) is 3. The van der Waals surface area contributed by atoms with Gasteiger partial charge in [-0.25, -0.2) is 9.97 Å². The van der Waals surface area contributed by atoms with Gasteiger partial charge in [-0.1, -0.05) is 19.1 Å². The summed E-state index contributed by atoms with van der Waals surface area (Å²) in [6.07, 6.45) is -9.37. The van der Waals surface area contributed by atoms with E-state index in [9.17, 15) is 34.8 Å². The quantitative estimate of drug-likeness (QED) is 0.101. The molecular formula is C40H53N9O12S. The van der Waals surface area contributed by atoms with Gasteiger partial charge in [0.25, 0.3) is 5.91 Å². The number of hydrogen-bond acceptors (Lipinski definition) is 17. The second-order valence-electron chi connectivity index (χ2n) is 15.5. The summed E-state index contributed by atoms with van der Waals surface area (Å²) < 4.78 is 29.8. The Balaban J connectivity index is 1.09. The minimum Gasteiger partial charge on any atom is -0.394 e. The zero-order valence-electron chi connectivity index (χ0n) is 34.9. The summed E-state index contributed by atoms with van der Waals surface area (Å²) >= 11 is 5.77. The van der Waals surface area contributed by atoms with Crippen LogP contribution in [0.25, 0.3) is 11.0 Å². The van der Waals surface area contributed by atoms with Gasteiger partial charge in [-0.05, 0) is 48.3 Å². The number of nitrogens with zero attached hydrogens (tertiary/aromatic N) is 6. The first-order valence-electron chi connectivity index (χ1n) is 20.0. The van der Waals surface area contributed by atoms with Crippen molar-refractivity contribution in [2.75, 3.05) is 51.2 Å². The molecule has 0 saturated carbocycles. The van der Waals surface area contributed by atoms with Crippen LogP contribution in [0.2, 0.25) is 0 Å².